The predicted octanol–water partition coefficient (Wildman–Crippen LogP) is 5.71. The van der Waals surface area contributed by atoms with Crippen molar-refractivity contribution >= 4 is 52.4 Å². The Kier molecular flexibility index (Phi) is 6.94. The molecule has 0 saturated heterocycles. The van der Waals surface area contributed by atoms with Crippen molar-refractivity contribution in [2.75, 3.05) is 21.7 Å². The molecule has 0 fully saturated rings. The van der Waals surface area contributed by atoms with Gasteiger partial charge in [0, 0.05) is 27.0 Å². The minimum absolute atomic E-state index is 0.114. The summed E-state index contributed by atoms with van der Waals surface area (Å²) in [4.78, 5) is 25.0. The lowest BCUT2D eigenvalue weighted by molar-refractivity contribution is -0.113. The van der Waals surface area contributed by atoms with Crippen molar-refractivity contribution in [1.82, 2.24) is 0 Å². The molecule has 28 heavy (non-hydrogen) atoms. The van der Waals surface area contributed by atoms with E-state index in [4.69, 9.17) is 11.6 Å². The monoisotopic (exact) mass is 411 g/mol. The van der Waals surface area contributed by atoms with Gasteiger partial charge in [-0.05, 0) is 54.6 Å². The summed E-state index contributed by atoms with van der Waals surface area (Å²) in [6, 6.07) is 23.2. The number of halogens is 1. The van der Waals surface area contributed by atoms with E-state index in [1.165, 1.54) is 11.8 Å². The van der Waals surface area contributed by atoms with Gasteiger partial charge >= 0.3 is 6.03 Å². The number of carbonyl (C=O) groups excluding carboxylic acids is 2. The molecule has 0 aromatic heterocycles. The maximum absolute atomic E-state index is 12.0. The minimum atomic E-state index is -0.312. The molecule has 7 heteroatoms. The van der Waals surface area contributed by atoms with Crippen molar-refractivity contribution < 1.29 is 9.59 Å². The Morgan fingerprint density at radius 2 is 1.39 bits per heavy atom. The van der Waals surface area contributed by atoms with Gasteiger partial charge in [0.15, 0.2) is 0 Å². The zero-order valence-electron chi connectivity index (χ0n) is 14.8. The van der Waals surface area contributed by atoms with Crippen LogP contribution in [0.25, 0.3) is 0 Å². The fourth-order valence-corrected chi connectivity index (χ4v) is 3.25. The van der Waals surface area contributed by atoms with E-state index in [2.05, 4.69) is 16.0 Å². The Labute approximate surface area is 172 Å². The molecule has 0 bridgehead atoms. The van der Waals surface area contributed by atoms with Crippen molar-refractivity contribution in [1.29, 1.82) is 0 Å². The van der Waals surface area contributed by atoms with Crippen molar-refractivity contribution in [3.8, 4) is 0 Å². The van der Waals surface area contributed by atoms with Crippen LogP contribution in [0.4, 0.5) is 21.9 Å². The van der Waals surface area contributed by atoms with Crippen LogP contribution < -0.4 is 16.0 Å². The van der Waals surface area contributed by atoms with E-state index < -0.39 is 0 Å². The molecule has 0 saturated carbocycles. The summed E-state index contributed by atoms with van der Waals surface area (Å²) in [5.74, 6) is 0.157. The largest absolute Gasteiger partial charge is 0.325 e. The van der Waals surface area contributed by atoms with Crippen LogP contribution in [0.3, 0.4) is 0 Å². The highest BCUT2D eigenvalue weighted by Gasteiger charge is 2.06. The Morgan fingerprint density at radius 3 is 2.07 bits per heavy atom. The van der Waals surface area contributed by atoms with E-state index in [0.717, 1.165) is 10.6 Å². The standard InChI is InChI=1S/C21H18ClN3O2S/c22-15-5-4-8-18(13-15)23-20(26)14-28-19-11-9-17(10-12-19)25-21(27)24-16-6-2-1-3-7-16/h1-13H,14H2,(H,23,26)(H2,24,25,27). The number of amides is 3. The second-order valence-corrected chi connectivity index (χ2v) is 7.30. The molecule has 3 N–H and O–H groups in total. The topological polar surface area (TPSA) is 70.2 Å². The molecule has 142 valence electrons. The number of carbonyl (C=O) groups is 2. The summed E-state index contributed by atoms with van der Waals surface area (Å²) in [5.41, 5.74) is 2.06. The van der Waals surface area contributed by atoms with Gasteiger partial charge in [-0.3, -0.25) is 4.79 Å². The Bertz CT molecular complexity index is 949. The molecule has 0 heterocycles. The molecule has 0 spiro atoms. The second kappa shape index (κ2) is 9.82. The molecule has 0 atom stereocenters. The number of anilines is 3. The Hall–Kier alpha value is -2.96. The van der Waals surface area contributed by atoms with Crippen LogP contribution in [0.2, 0.25) is 5.02 Å². The lowest BCUT2D eigenvalue weighted by Gasteiger charge is -2.08. The van der Waals surface area contributed by atoms with Gasteiger partial charge in [-0.2, -0.15) is 0 Å². The Balaban J connectivity index is 1.46. The first-order valence-electron chi connectivity index (χ1n) is 8.50. The van der Waals surface area contributed by atoms with Crippen molar-refractivity contribution in [2.24, 2.45) is 0 Å². The molecule has 0 unspecified atom stereocenters. The van der Waals surface area contributed by atoms with Crippen LogP contribution in [0.5, 0.6) is 0 Å². The quantitative estimate of drug-likeness (QED) is 0.454. The Morgan fingerprint density at radius 1 is 0.750 bits per heavy atom. The summed E-state index contributed by atoms with van der Waals surface area (Å²) >= 11 is 7.32. The lowest BCUT2D eigenvalue weighted by atomic mass is 10.3. The summed E-state index contributed by atoms with van der Waals surface area (Å²) in [6.07, 6.45) is 0. The third-order valence-corrected chi connectivity index (χ3v) is 4.87. The van der Waals surface area contributed by atoms with E-state index in [-0.39, 0.29) is 17.7 Å². The number of benzene rings is 3. The SMILES string of the molecule is O=C(CSc1ccc(NC(=O)Nc2ccccc2)cc1)Nc1cccc(Cl)c1. The average molecular weight is 412 g/mol. The first-order chi connectivity index (χ1) is 13.6. The summed E-state index contributed by atoms with van der Waals surface area (Å²) in [7, 11) is 0. The summed E-state index contributed by atoms with van der Waals surface area (Å²) in [6.45, 7) is 0. The van der Waals surface area contributed by atoms with Crippen LogP contribution in [-0.2, 0) is 4.79 Å². The number of para-hydroxylation sites is 1. The van der Waals surface area contributed by atoms with Crippen molar-refractivity contribution in [3.05, 3.63) is 83.9 Å². The zero-order chi connectivity index (χ0) is 19.8. The van der Waals surface area contributed by atoms with Crippen LogP contribution in [0.1, 0.15) is 0 Å². The molecule has 5 nitrogen and oxygen atoms in total. The molecule has 0 aliphatic carbocycles. The normalized spacial score (nSPS) is 10.2. The number of urea groups is 1. The minimum Gasteiger partial charge on any atom is -0.325 e. The van der Waals surface area contributed by atoms with E-state index >= 15 is 0 Å². The van der Waals surface area contributed by atoms with E-state index in [1.54, 1.807) is 36.4 Å². The van der Waals surface area contributed by atoms with Crippen LogP contribution in [-0.4, -0.2) is 17.7 Å². The highest BCUT2D eigenvalue weighted by Crippen LogP contribution is 2.21. The van der Waals surface area contributed by atoms with Gasteiger partial charge in [0.1, 0.15) is 0 Å². The molecule has 3 aromatic rings. The number of hydrogen-bond acceptors (Lipinski definition) is 3. The second-order valence-electron chi connectivity index (χ2n) is 5.82. The molecule has 3 amide bonds. The van der Waals surface area contributed by atoms with Gasteiger partial charge in [0.05, 0.1) is 5.75 Å². The van der Waals surface area contributed by atoms with E-state index in [1.807, 2.05) is 42.5 Å². The van der Waals surface area contributed by atoms with Crippen molar-refractivity contribution in [3.63, 3.8) is 0 Å². The lowest BCUT2D eigenvalue weighted by Crippen LogP contribution is -2.19. The number of nitrogens with one attached hydrogen (secondary N) is 3. The number of rotatable bonds is 6. The summed E-state index contributed by atoms with van der Waals surface area (Å²) in [5, 5.41) is 8.90. The van der Waals surface area contributed by atoms with Crippen molar-refractivity contribution in [2.45, 2.75) is 4.90 Å². The fourth-order valence-electron chi connectivity index (χ4n) is 2.36. The zero-order valence-corrected chi connectivity index (χ0v) is 16.4. The molecular weight excluding hydrogens is 394 g/mol. The van der Waals surface area contributed by atoms with E-state index in [9.17, 15) is 9.59 Å². The maximum Gasteiger partial charge on any atom is 0.323 e. The van der Waals surface area contributed by atoms with E-state index in [0.29, 0.717) is 16.4 Å². The third-order valence-electron chi connectivity index (χ3n) is 3.62. The molecule has 3 rings (SSSR count). The molecule has 0 aliphatic rings. The van der Waals surface area contributed by atoms with Gasteiger partial charge in [-0.15, -0.1) is 11.8 Å². The molecule has 3 aromatic carbocycles. The first-order valence-corrected chi connectivity index (χ1v) is 9.86. The van der Waals surface area contributed by atoms with Crippen LogP contribution in [0, 0.1) is 0 Å². The first kappa shape index (κ1) is 19.8. The van der Waals surface area contributed by atoms with Crippen LogP contribution in [0.15, 0.2) is 83.8 Å². The maximum atomic E-state index is 12.0. The molecular formula is C21H18ClN3O2S. The highest BCUT2D eigenvalue weighted by molar-refractivity contribution is 8.00. The van der Waals surface area contributed by atoms with Gasteiger partial charge in [-0.1, -0.05) is 35.9 Å². The smallest absolute Gasteiger partial charge is 0.323 e. The molecule has 0 radical (unpaired) electrons. The molecule has 0 aliphatic heterocycles. The predicted molar refractivity (Wildman–Crippen MR) is 116 cm³/mol. The highest BCUT2D eigenvalue weighted by atomic mass is 35.5. The average Bonchev–Trinajstić information content (AvgIpc) is 2.68. The summed E-state index contributed by atoms with van der Waals surface area (Å²) < 4.78 is 0. The van der Waals surface area contributed by atoms with Crippen LogP contribution >= 0.6 is 23.4 Å². The number of thioether (sulfide) groups is 1. The van der Waals surface area contributed by atoms with Gasteiger partial charge < -0.3 is 16.0 Å². The third kappa shape index (κ3) is 6.33. The van der Waals surface area contributed by atoms with Gasteiger partial charge in [0.2, 0.25) is 5.91 Å². The fraction of sp³-hybridized carbons (Fsp3) is 0.0476. The van der Waals surface area contributed by atoms with Gasteiger partial charge in [0.25, 0.3) is 0 Å². The van der Waals surface area contributed by atoms with Gasteiger partial charge in [-0.25, -0.2) is 4.79 Å². The number of hydrogen-bond donors (Lipinski definition) is 3.